The van der Waals surface area contributed by atoms with Gasteiger partial charge in [-0.25, -0.2) is 0 Å². The van der Waals surface area contributed by atoms with E-state index >= 15 is 0 Å². The van der Waals surface area contributed by atoms with Crippen LogP contribution in [0.25, 0.3) is 9.96 Å². The molecule has 4 atom stereocenters. The first-order chi connectivity index (χ1) is 13.4. The van der Waals surface area contributed by atoms with Crippen molar-refractivity contribution < 1.29 is 21.7 Å². The molecule has 0 heterocycles. The Morgan fingerprint density at radius 3 is 0.938 bits per heavy atom. The fourth-order valence-electron chi connectivity index (χ4n) is 6.55. The van der Waals surface area contributed by atoms with E-state index in [2.05, 4.69) is 68.5 Å². The van der Waals surface area contributed by atoms with Crippen LogP contribution in [0.4, 0.5) is 0 Å². The zero-order valence-electron chi connectivity index (χ0n) is 23.9. The van der Waals surface area contributed by atoms with Crippen LogP contribution < -0.4 is 0 Å². The molecule has 32 heavy (non-hydrogen) atoms. The van der Waals surface area contributed by atoms with Gasteiger partial charge in [-0.1, -0.05) is 118 Å². The fraction of sp³-hybridized carbons (Fsp3) is 0.929. The van der Waals surface area contributed by atoms with Gasteiger partial charge in [0.1, 0.15) is 0 Å². The van der Waals surface area contributed by atoms with E-state index in [1.54, 1.807) is 0 Å². The molecule has 0 amide bonds. The molecule has 2 saturated carbocycles. The van der Waals surface area contributed by atoms with Crippen LogP contribution >= 0.6 is 0 Å². The summed E-state index contributed by atoms with van der Waals surface area (Å²) in [4.78, 5) is 11.5. The average molecular weight is 499 g/mol. The molecule has 0 radical (unpaired) electrons. The van der Waals surface area contributed by atoms with Crippen molar-refractivity contribution in [1.29, 1.82) is 0 Å². The summed E-state index contributed by atoms with van der Waals surface area (Å²) < 4.78 is 0. The summed E-state index contributed by atoms with van der Waals surface area (Å²) in [5, 5.41) is 0. The van der Waals surface area contributed by atoms with Gasteiger partial charge in [0.05, 0.1) is 0 Å². The zero-order valence-corrected chi connectivity index (χ0v) is 26.5. The number of hydrogen-bond acceptors (Lipinski definition) is 0. The minimum Gasteiger partial charge on any atom is -0.677 e. The van der Waals surface area contributed by atoms with Gasteiger partial charge in [0, 0.05) is 0 Å². The minimum absolute atomic E-state index is 0. The van der Waals surface area contributed by atoms with Crippen LogP contribution in [0.2, 0.25) is 13.1 Å². The van der Waals surface area contributed by atoms with E-state index in [0.717, 1.165) is 47.3 Å². The summed E-state index contributed by atoms with van der Waals surface area (Å²) in [5.74, 6) is 5.96. The Bertz CT molecular complexity index is 418. The van der Waals surface area contributed by atoms with Gasteiger partial charge in [0.25, 0.3) is 0 Å². The van der Waals surface area contributed by atoms with Gasteiger partial charge in [-0.15, -0.1) is 25.2 Å². The molecule has 4 unspecified atom stereocenters. The maximum atomic E-state index is 5.73. The average Bonchev–Trinajstić information content (AvgIpc) is 2.60. The molecular formula is C28H58N2SiTi. The second kappa shape index (κ2) is 15.1. The summed E-state index contributed by atoms with van der Waals surface area (Å²) in [5.41, 5.74) is 0. The third-order valence-corrected chi connectivity index (χ3v) is 10.1. The molecule has 0 aromatic rings. The second-order valence-electron chi connectivity index (χ2n) is 12.2. The molecule has 2 aliphatic carbocycles. The van der Waals surface area contributed by atoms with Gasteiger partial charge in [0.2, 0.25) is 0 Å². The number of nitrogens with zero attached hydrogens (tertiary/aromatic N) is 2. The van der Waals surface area contributed by atoms with E-state index in [1.165, 1.54) is 38.5 Å². The second-order valence-corrected chi connectivity index (χ2v) is 15.7. The van der Waals surface area contributed by atoms with E-state index in [-0.39, 0.29) is 36.6 Å². The van der Waals surface area contributed by atoms with Crippen molar-refractivity contribution in [3.63, 3.8) is 0 Å². The van der Waals surface area contributed by atoms with Gasteiger partial charge in [-0.3, -0.25) is 0 Å². The standard InChI is InChI=1S/C26H52N2Si.2CH3.Ti/c1-17(2)21-13-11-14-22(18(3)4)25(21)27-29(9,10)28-26-23(19(5)6)15-12-16-24(26)20(7)8;;;/h17-26H,11-16H2,1-10H3;2*1H3;/q-2;2*-1;+4. The van der Waals surface area contributed by atoms with Crippen LogP contribution in [0.3, 0.4) is 0 Å². The number of rotatable bonds is 8. The predicted molar refractivity (Wildman–Crippen MR) is 146 cm³/mol. The summed E-state index contributed by atoms with van der Waals surface area (Å²) in [6, 6.07) is 1.07. The molecule has 0 aromatic carbocycles. The Morgan fingerprint density at radius 1 is 0.531 bits per heavy atom. The fourth-order valence-corrected chi connectivity index (χ4v) is 8.85. The van der Waals surface area contributed by atoms with Crippen LogP contribution in [-0.4, -0.2) is 20.5 Å². The molecule has 0 aromatic heterocycles. The number of hydrogen-bond donors (Lipinski definition) is 0. The molecule has 0 spiro atoms. The molecule has 2 aliphatic rings. The van der Waals surface area contributed by atoms with Gasteiger partial charge >= 0.3 is 21.7 Å². The van der Waals surface area contributed by atoms with E-state index in [4.69, 9.17) is 9.96 Å². The van der Waals surface area contributed by atoms with Crippen molar-refractivity contribution >= 4 is 8.40 Å². The van der Waals surface area contributed by atoms with Gasteiger partial charge < -0.3 is 24.8 Å². The molecule has 2 fully saturated rings. The summed E-state index contributed by atoms with van der Waals surface area (Å²) in [6.07, 6.45) is 8.26. The smallest absolute Gasteiger partial charge is 0.677 e. The minimum atomic E-state index is -1.98. The predicted octanol–water partition coefficient (Wildman–Crippen LogP) is 9.53. The monoisotopic (exact) mass is 498 g/mol. The first-order valence-corrected chi connectivity index (χ1v) is 15.8. The maximum Gasteiger partial charge on any atom is 4.00 e. The normalized spacial score (nSPS) is 31.3. The summed E-state index contributed by atoms with van der Waals surface area (Å²) in [7, 11) is -1.98. The third-order valence-electron chi connectivity index (χ3n) is 8.26. The molecule has 4 heteroatoms. The largest absolute Gasteiger partial charge is 4.00 e. The van der Waals surface area contributed by atoms with Crippen molar-refractivity contribution in [2.45, 2.75) is 119 Å². The van der Waals surface area contributed by atoms with E-state index in [9.17, 15) is 0 Å². The SMILES string of the molecule is CC(C)C1CCCC(C(C)C)C1[N-][Si](C)(C)[N-]C1C(C(C)C)CCCC1C(C)C.[CH3-].[CH3-].[Ti+4]. The molecule has 188 valence electrons. The Kier molecular flexibility index (Phi) is 16.5. The van der Waals surface area contributed by atoms with Crippen LogP contribution in [0, 0.1) is 62.2 Å². The van der Waals surface area contributed by atoms with Crippen LogP contribution in [0.1, 0.15) is 93.9 Å². The molecular weight excluding hydrogens is 440 g/mol. The van der Waals surface area contributed by atoms with Crippen molar-refractivity contribution in [2.24, 2.45) is 47.3 Å². The van der Waals surface area contributed by atoms with E-state index in [1.807, 2.05) is 0 Å². The molecule has 2 nitrogen and oxygen atoms in total. The van der Waals surface area contributed by atoms with Crippen LogP contribution in [0.5, 0.6) is 0 Å². The Balaban J connectivity index is 0. The maximum absolute atomic E-state index is 5.73. The molecule has 2 rings (SSSR count). The van der Waals surface area contributed by atoms with Crippen molar-refractivity contribution in [2.75, 3.05) is 0 Å². The topological polar surface area (TPSA) is 28.2 Å². The van der Waals surface area contributed by atoms with E-state index in [0.29, 0.717) is 12.1 Å². The van der Waals surface area contributed by atoms with Crippen LogP contribution in [-0.2, 0) is 21.7 Å². The van der Waals surface area contributed by atoms with E-state index < -0.39 is 8.40 Å². The van der Waals surface area contributed by atoms with Crippen LogP contribution in [0.15, 0.2) is 0 Å². The first-order valence-electron chi connectivity index (χ1n) is 12.9. The molecule has 0 N–H and O–H groups in total. The third kappa shape index (κ3) is 9.14. The quantitative estimate of drug-likeness (QED) is 0.235. The van der Waals surface area contributed by atoms with Gasteiger partial charge in [0.15, 0.2) is 0 Å². The van der Waals surface area contributed by atoms with Gasteiger partial charge in [-0.2, -0.15) is 8.40 Å². The summed E-state index contributed by atoms with van der Waals surface area (Å²) >= 11 is 0. The zero-order chi connectivity index (χ0) is 21.9. The Hall–Kier alpha value is 0.851. The molecule has 0 bridgehead atoms. The molecule has 0 saturated heterocycles. The van der Waals surface area contributed by atoms with Crippen molar-refractivity contribution in [1.82, 2.24) is 0 Å². The van der Waals surface area contributed by atoms with Gasteiger partial charge in [-0.05, 0) is 23.7 Å². The van der Waals surface area contributed by atoms with Crippen molar-refractivity contribution in [3.05, 3.63) is 24.8 Å². The van der Waals surface area contributed by atoms with Crippen molar-refractivity contribution in [3.8, 4) is 0 Å². The molecule has 0 aliphatic heterocycles. The Labute approximate surface area is 220 Å². The first kappa shape index (κ1) is 35.0. The summed E-state index contributed by atoms with van der Waals surface area (Å²) in [6.45, 7) is 24.3. The Morgan fingerprint density at radius 2 is 0.750 bits per heavy atom.